The molecule has 0 aromatic carbocycles. The molecule has 1 aromatic heterocycles. The number of nitrogens with zero attached hydrogens (tertiary/aromatic N) is 2. The number of halogens is 1. The first-order valence-electron chi connectivity index (χ1n) is 6.46. The van der Waals surface area contributed by atoms with Crippen LogP contribution in [0.5, 0.6) is 0 Å². The molecule has 2 N–H and O–H groups in total. The summed E-state index contributed by atoms with van der Waals surface area (Å²) in [6, 6.07) is 2.99. The standard InChI is InChI=1S/C13H22ClN3S/c1-16-5-3-4-11(16)8-17(2)12(7-15)13-6-10(14)9-18-13/h6,9,11-12H,3-5,7-8,15H2,1-2H3. The lowest BCUT2D eigenvalue weighted by Gasteiger charge is -2.31. The largest absolute Gasteiger partial charge is 0.329 e. The fraction of sp³-hybridized carbons (Fsp3) is 0.692. The molecule has 1 aliphatic heterocycles. The Hall–Kier alpha value is -0.130. The Bertz CT molecular complexity index is 382. The smallest absolute Gasteiger partial charge is 0.0562 e. The van der Waals surface area contributed by atoms with Crippen LogP contribution >= 0.6 is 22.9 Å². The average Bonchev–Trinajstić information content (AvgIpc) is 2.91. The topological polar surface area (TPSA) is 32.5 Å². The van der Waals surface area contributed by atoms with Crippen LogP contribution in [0, 0.1) is 0 Å². The fourth-order valence-corrected chi connectivity index (χ4v) is 3.95. The van der Waals surface area contributed by atoms with Gasteiger partial charge in [-0.05, 0) is 39.5 Å². The van der Waals surface area contributed by atoms with Crippen LogP contribution in [0.15, 0.2) is 11.4 Å². The van der Waals surface area contributed by atoms with Crippen LogP contribution in [0.3, 0.4) is 0 Å². The van der Waals surface area contributed by atoms with E-state index in [-0.39, 0.29) is 6.04 Å². The fourth-order valence-electron chi connectivity index (χ4n) is 2.69. The van der Waals surface area contributed by atoms with Gasteiger partial charge in [-0.2, -0.15) is 0 Å². The van der Waals surface area contributed by atoms with E-state index >= 15 is 0 Å². The van der Waals surface area contributed by atoms with Crippen LogP contribution in [0.4, 0.5) is 0 Å². The summed E-state index contributed by atoms with van der Waals surface area (Å²) in [4.78, 5) is 6.09. The molecule has 1 fully saturated rings. The summed E-state index contributed by atoms with van der Waals surface area (Å²) in [7, 11) is 4.38. The Kier molecular flexibility index (Phi) is 5.04. The molecule has 1 aliphatic rings. The molecule has 0 spiro atoms. The van der Waals surface area contributed by atoms with E-state index in [0.29, 0.717) is 12.6 Å². The molecule has 5 heteroatoms. The molecule has 2 heterocycles. The molecule has 1 aromatic rings. The molecule has 102 valence electrons. The van der Waals surface area contributed by atoms with Crippen molar-refractivity contribution in [2.45, 2.75) is 24.9 Å². The lowest BCUT2D eigenvalue weighted by atomic mass is 10.1. The zero-order valence-electron chi connectivity index (χ0n) is 11.1. The third-order valence-corrected chi connectivity index (χ3v) is 5.22. The number of hydrogen-bond donors (Lipinski definition) is 1. The van der Waals surface area contributed by atoms with Crippen LogP contribution in [-0.4, -0.2) is 49.6 Å². The first-order valence-corrected chi connectivity index (χ1v) is 7.72. The van der Waals surface area contributed by atoms with Crippen molar-refractivity contribution in [1.82, 2.24) is 9.80 Å². The molecule has 3 nitrogen and oxygen atoms in total. The molecule has 2 unspecified atom stereocenters. The molecule has 0 aliphatic carbocycles. The summed E-state index contributed by atoms with van der Waals surface area (Å²) in [5.74, 6) is 0. The van der Waals surface area contributed by atoms with Gasteiger partial charge in [0.05, 0.1) is 11.1 Å². The number of nitrogens with two attached hydrogens (primary N) is 1. The maximum Gasteiger partial charge on any atom is 0.0562 e. The summed E-state index contributed by atoms with van der Waals surface area (Å²) in [6.07, 6.45) is 2.61. The first-order chi connectivity index (χ1) is 8.61. The SMILES string of the molecule is CN1CCCC1CN(C)C(CN)c1cc(Cl)cs1. The van der Waals surface area contributed by atoms with Gasteiger partial charge in [-0.3, -0.25) is 4.90 Å². The van der Waals surface area contributed by atoms with E-state index in [1.165, 1.54) is 24.3 Å². The second kappa shape index (κ2) is 6.35. The van der Waals surface area contributed by atoms with Gasteiger partial charge in [0, 0.05) is 29.4 Å². The Morgan fingerprint density at radius 1 is 1.67 bits per heavy atom. The van der Waals surface area contributed by atoms with Gasteiger partial charge in [0.2, 0.25) is 0 Å². The summed E-state index contributed by atoms with van der Waals surface area (Å²) in [5.41, 5.74) is 5.93. The molecular weight excluding hydrogens is 266 g/mol. The van der Waals surface area contributed by atoms with Crippen LogP contribution in [0.25, 0.3) is 0 Å². The van der Waals surface area contributed by atoms with E-state index in [1.807, 2.05) is 11.4 Å². The summed E-state index contributed by atoms with van der Waals surface area (Å²) in [6.45, 7) is 2.94. The Morgan fingerprint density at radius 3 is 2.94 bits per heavy atom. The van der Waals surface area contributed by atoms with Gasteiger partial charge in [0.1, 0.15) is 0 Å². The quantitative estimate of drug-likeness (QED) is 0.903. The third-order valence-electron chi connectivity index (χ3n) is 3.84. The third kappa shape index (κ3) is 3.25. The first kappa shape index (κ1) is 14.3. The predicted molar refractivity (Wildman–Crippen MR) is 79.4 cm³/mol. The highest BCUT2D eigenvalue weighted by molar-refractivity contribution is 7.10. The molecule has 0 amide bonds. The van der Waals surface area contributed by atoms with Crippen LogP contribution in [0.1, 0.15) is 23.8 Å². The van der Waals surface area contributed by atoms with Crippen molar-refractivity contribution in [2.75, 3.05) is 33.7 Å². The van der Waals surface area contributed by atoms with Crippen LogP contribution < -0.4 is 5.73 Å². The minimum Gasteiger partial charge on any atom is -0.329 e. The van der Waals surface area contributed by atoms with E-state index < -0.39 is 0 Å². The molecule has 2 atom stereocenters. The Labute approximate surface area is 119 Å². The van der Waals surface area contributed by atoms with Gasteiger partial charge in [0.25, 0.3) is 0 Å². The van der Waals surface area contributed by atoms with Crippen molar-refractivity contribution in [3.8, 4) is 0 Å². The highest BCUT2D eigenvalue weighted by Crippen LogP contribution is 2.29. The second-order valence-corrected chi connectivity index (χ2v) is 6.51. The normalized spacial score (nSPS) is 22.8. The van der Waals surface area contributed by atoms with Crippen molar-refractivity contribution in [3.63, 3.8) is 0 Å². The van der Waals surface area contributed by atoms with E-state index in [4.69, 9.17) is 17.3 Å². The van der Waals surface area contributed by atoms with Crippen molar-refractivity contribution in [2.24, 2.45) is 5.73 Å². The van der Waals surface area contributed by atoms with Gasteiger partial charge in [-0.15, -0.1) is 11.3 Å². The zero-order valence-corrected chi connectivity index (χ0v) is 12.7. The van der Waals surface area contributed by atoms with Gasteiger partial charge in [-0.1, -0.05) is 11.6 Å². The minimum atomic E-state index is 0.288. The number of rotatable bonds is 5. The predicted octanol–water partition coefficient (Wildman–Crippen LogP) is 2.43. The van der Waals surface area contributed by atoms with Crippen molar-refractivity contribution in [3.05, 3.63) is 21.3 Å². The van der Waals surface area contributed by atoms with E-state index in [0.717, 1.165) is 11.6 Å². The average molecular weight is 288 g/mol. The number of likely N-dealkylation sites (N-methyl/N-ethyl adjacent to an activating group) is 2. The highest BCUT2D eigenvalue weighted by Gasteiger charge is 2.25. The van der Waals surface area contributed by atoms with E-state index in [1.54, 1.807) is 11.3 Å². The van der Waals surface area contributed by atoms with E-state index in [9.17, 15) is 0 Å². The maximum atomic E-state index is 6.00. The van der Waals surface area contributed by atoms with E-state index in [2.05, 4.69) is 23.9 Å². The van der Waals surface area contributed by atoms with Crippen molar-refractivity contribution in [1.29, 1.82) is 0 Å². The zero-order chi connectivity index (χ0) is 13.1. The van der Waals surface area contributed by atoms with Crippen molar-refractivity contribution >= 4 is 22.9 Å². The Morgan fingerprint density at radius 2 is 2.44 bits per heavy atom. The number of hydrogen-bond acceptors (Lipinski definition) is 4. The lowest BCUT2D eigenvalue weighted by molar-refractivity contribution is 0.181. The summed E-state index contributed by atoms with van der Waals surface area (Å²) < 4.78 is 0. The number of thiophene rings is 1. The molecule has 2 rings (SSSR count). The van der Waals surface area contributed by atoms with Gasteiger partial charge < -0.3 is 10.6 Å². The summed E-state index contributed by atoms with van der Waals surface area (Å²) >= 11 is 7.70. The molecular formula is C13H22ClN3S. The van der Waals surface area contributed by atoms with Gasteiger partial charge >= 0.3 is 0 Å². The van der Waals surface area contributed by atoms with Crippen LogP contribution in [-0.2, 0) is 0 Å². The molecule has 18 heavy (non-hydrogen) atoms. The maximum absolute atomic E-state index is 6.00. The van der Waals surface area contributed by atoms with Crippen LogP contribution in [0.2, 0.25) is 5.02 Å². The second-order valence-electron chi connectivity index (χ2n) is 5.14. The molecule has 0 radical (unpaired) electrons. The van der Waals surface area contributed by atoms with Crippen molar-refractivity contribution < 1.29 is 0 Å². The molecule has 0 saturated carbocycles. The molecule has 0 bridgehead atoms. The highest BCUT2D eigenvalue weighted by atomic mass is 35.5. The number of likely N-dealkylation sites (tertiary alicyclic amines) is 1. The summed E-state index contributed by atoms with van der Waals surface area (Å²) in [5, 5.41) is 2.80. The monoisotopic (exact) mass is 287 g/mol. The minimum absolute atomic E-state index is 0.288. The van der Waals surface area contributed by atoms with Gasteiger partial charge in [-0.25, -0.2) is 0 Å². The Balaban J connectivity index is 1.99. The molecule has 1 saturated heterocycles. The van der Waals surface area contributed by atoms with Gasteiger partial charge in [0.15, 0.2) is 0 Å². The lowest BCUT2D eigenvalue weighted by Crippen LogP contribution is -2.40.